The van der Waals surface area contributed by atoms with E-state index in [4.69, 9.17) is 0 Å². The molecule has 0 aliphatic carbocycles. The number of H-pyrrole nitrogens is 1. The predicted octanol–water partition coefficient (Wildman–Crippen LogP) is 3.13. The molecule has 1 atom stereocenters. The summed E-state index contributed by atoms with van der Waals surface area (Å²) in [5, 5.41) is 6.97. The Hall–Kier alpha value is -1.65. The van der Waals surface area contributed by atoms with Crippen LogP contribution in [0.1, 0.15) is 17.4 Å². The molecule has 3 rings (SSSR count). The average molecular weight is 257 g/mol. The molecule has 2 heterocycles. The van der Waals surface area contributed by atoms with Crippen molar-refractivity contribution in [2.24, 2.45) is 0 Å². The second-order valence-electron chi connectivity index (χ2n) is 4.27. The standard InChI is InChI=1S/C14H15N3S/c1-15-12(8-14-16-6-7-17-14)11-9-18-13-5-3-2-4-10(11)13/h2-7,9,12,15H,8H2,1H3,(H,16,17). The summed E-state index contributed by atoms with van der Waals surface area (Å²) in [6, 6.07) is 8.84. The first-order chi connectivity index (χ1) is 8.88. The summed E-state index contributed by atoms with van der Waals surface area (Å²) >= 11 is 1.80. The molecule has 0 spiro atoms. The number of thiophene rings is 1. The van der Waals surface area contributed by atoms with Crippen LogP contribution in [0.3, 0.4) is 0 Å². The van der Waals surface area contributed by atoms with Crippen molar-refractivity contribution >= 4 is 21.4 Å². The van der Waals surface area contributed by atoms with Crippen LogP contribution in [0, 0.1) is 0 Å². The third-order valence-electron chi connectivity index (χ3n) is 3.19. The number of aromatic nitrogens is 2. The number of likely N-dealkylation sites (N-methyl/N-ethyl adjacent to an activating group) is 1. The Kier molecular flexibility index (Phi) is 3.13. The smallest absolute Gasteiger partial charge is 0.107 e. The van der Waals surface area contributed by atoms with Gasteiger partial charge in [0.1, 0.15) is 5.82 Å². The van der Waals surface area contributed by atoms with Crippen LogP contribution >= 0.6 is 11.3 Å². The van der Waals surface area contributed by atoms with E-state index in [0.29, 0.717) is 6.04 Å². The lowest BCUT2D eigenvalue weighted by molar-refractivity contribution is 0.583. The maximum Gasteiger partial charge on any atom is 0.107 e. The fourth-order valence-corrected chi connectivity index (χ4v) is 3.25. The minimum Gasteiger partial charge on any atom is -0.349 e. The molecule has 0 aliphatic rings. The lowest BCUT2D eigenvalue weighted by atomic mass is 10.0. The minimum atomic E-state index is 0.298. The number of benzene rings is 1. The molecule has 1 unspecified atom stereocenters. The van der Waals surface area contributed by atoms with Gasteiger partial charge < -0.3 is 10.3 Å². The van der Waals surface area contributed by atoms with Gasteiger partial charge in [0.05, 0.1) is 0 Å². The quantitative estimate of drug-likeness (QED) is 0.754. The highest BCUT2D eigenvalue weighted by molar-refractivity contribution is 7.17. The van der Waals surface area contributed by atoms with Crippen LogP contribution in [-0.2, 0) is 6.42 Å². The Morgan fingerprint density at radius 3 is 3.06 bits per heavy atom. The SMILES string of the molecule is CNC(Cc1ncc[nH]1)c1csc2ccccc12. The summed E-state index contributed by atoms with van der Waals surface area (Å²) in [5.74, 6) is 1.02. The molecule has 1 aromatic carbocycles. The number of hydrogen-bond acceptors (Lipinski definition) is 3. The van der Waals surface area contributed by atoms with E-state index in [2.05, 4.69) is 44.9 Å². The van der Waals surface area contributed by atoms with E-state index < -0.39 is 0 Å². The zero-order valence-corrected chi connectivity index (χ0v) is 11.0. The van der Waals surface area contributed by atoms with Crippen LogP contribution in [-0.4, -0.2) is 17.0 Å². The van der Waals surface area contributed by atoms with Gasteiger partial charge in [-0.15, -0.1) is 11.3 Å². The Labute approximate surface area is 110 Å². The topological polar surface area (TPSA) is 40.7 Å². The van der Waals surface area contributed by atoms with Crippen molar-refractivity contribution in [1.29, 1.82) is 0 Å². The van der Waals surface area contributed by atoms with Gasteiger partial charge in [-0.1, -0.05) is 18.2 Å². The first-order valence-electron chi connectivity index (χ1n) is 6.00. The van der Waals surface area contributed by atoms with Crippen LogP contribution in [0.25, 0.3) is 10.1 Å². The largest absolute Gasteiger partial charge is 0.349 e. The molecule has 3 aromatic rings. The van der Waals surface area contributed by atoms with Crippen LogP contribution < -0.4 is 5.32 Å². The van der Waals surface area contributed by atoms with Gasteiger partial charge in [0, 0.05) is 29.6 Å². The number of aromatic amines is 1. The van der Waals surface area contributed by atoms with Crippen molar-refractivity contribution in [3.63, 3.8) is 0 Å². The van der Waals surface area contributed by atoms with Crippen LogP contribution in [0.5, 0.6) is 0 Å². The highest BCUT2D eigenvalue weighted by Crippen LogP contribution is 2.31. The zero-order valence-electron chi connectivity index (χ0n) is 10.2. The van der Waals surface area contributed by atoms with Crippen molar-refractivity contribution in [2.75, 3.05) is 7.05 Å². The first kappa shape index (κ1) is 11.4. The molecule has 0 saturated heterocycles. The molecule has 3 nitrogen and oxygen atoms in total. The van der Waals surface area contributed by atoms with E-state index in [1.54, 1.807) is 17.5 Å². The zero-order chi connectivity index (χ0) is 12.4. The van der Waals surface area contributed by atoms with E-state index >= 15 is 0 Å². The molecule has 4 heteroatoms. The normalized spacial score (nSPS) is 12.9. The summed E-state index contributed by atoms with van der Waals surface area (Å²) in [6.07, 6.45) is 4.55. The van der Waals surface area contributed by atoms with Gasteiger partial charge in [0.2, 0.25) is 0 Å². The fourth-order valence-electron chi connectivity index (χ4n) is 2.24. The molecule has 0 aliphatic heterocycles. The Balaban J connectivity index is 1.96. The number of fused-ring (bicyclic) bond motifs is 1. The molecule has 0 amide bonds. The van der Waals surface area contributed by atoms with Crippen molar-refractivity contribution in [2.45, 2.75) is 12.5 Å². The molecular formula is C14H15N3S. The van der Waals surface area contributed by atoms with Gasteiger partial charge in [-0.3, -0.25) is 0 Å². The summed E-state index contributed by atoms with van der Waals surface area (Å²) in [4.78, 5) is 7.47. The highest BCUT2D eigenvalue weighted by Gasteiger charge is 2.15. The minimum absolute atomic E-state index is 0.298. The van der Waals surface area contributed by atoms with E-state index in [9.17, 15) is 0 Å². The lowest BCUT2D eigenvalue weighted by Gasteiger charge is -2.14. The van der Waals surface area contributed by atoms with E-state index in [1.165, 1.54) is 15.6 Å². The summed E-state index contributed by atoms with van der Waals surface area (Å²) in [5.41, 5.74) is 1.36. The molecule has 0 fully saturated rings. The monoisotopic (exact) mass is 257 g/mol. The lowest BCUT2D eigenvalue weighted by Crippen LogP contribution is -2.19. The molecule has 92 valence electrons. The Bertz CT molecular complexity index is 627. The van der Waals surface area contributed by atoms with E-state index in [0.717, 1.165) is 12.2 Å². The molecule has 18 heavy (non-hydrogen) atoms. The highest BCUT2D eigenvalue weighted by atomic mass is 32.1. The second kappa shape index (κ2) is 4.92. The molecule has 0 radical (unpaired) electrons. The average Bonchev–Trinajstić information content (AvgIpc) is 3.05. The van der Waals surface area contributed by atoms with E-state index in [1.807, 2.05) is 13.2 Å². The maximum absolute atomic E-state index is 4.30. The maximum atomic E-state index is 4.30. The van der Waals surface area contributed by atoms with Crippen molar-refractivity contribution in [1.82, 2.24) is 15.3 Å². The van der Waals surface area contributed by atoms with Gasteiger partial charge in [-0.2, -0.15) is 0 Å². The second-order valence-corrected chi connectivity index (χ2v) is 5.18. The van der Waals surface area contributed by atoms with Gasteiger partial charge in [-0.05, 0) is 29.4 Å². The number of imidazole rings is 1. The van der Waals surface area contributed by atoms with Crippen LogP contribution in [0.2, 0.25) is 0 Å². The third kappa shape index (κ3) is 2.05. The summed E-state index contributed by atoms with van der Waals surface area (Å²) < 4.78 is 1.34. The summed E-state index contributed by atoms with van der Waals surface area (Å²) in [7, 11) is 2.00. The van der Waals surface area contributed by atoms with Gasteiger partial charge in [0.15, 0.2) is 0 Å². The van der Waals surface area contributed by atoms with Gasteiger partial charge >= 0.3 is 0 Å². The number of rotatable bonds is 4. The molecule has 0 bridgehead atoms. The third-order valence-corrected chi connectivity index (χ3v) is 4.17. The first-order valence-corrected chi connectivity index (χ1v) is 6.88. The molecule has 2 N–H and O–H groups in total. The predicted molar refractivity (Wildman–Crippen MR) is 75.9 cm³/mol. The Morgan fingerprint density at radius 1 is 1.39 bits per heavy atom. The molecule has 0 saturated carbocycles. The Morgan fingerprint density at radius 2 is 2.28 bits per heavy atom. The van der Waals surface area contributed by atoms with Crippen molar-refractivity contribution in [3.8, 4) is 0 Å². The number of hydrogen-bond donors (Lipinski definition) is 2. The summed E-state index contributed by atoms with van der Waals surface area (Å²) in [6.45, 7) is 0. The number of nitrogens with one attached hydrogen (secondary N) is 2. The number of nitrogens with zero attached hydrogens (tertiary/aromatic N) is 1. The van der Waals surface area contributed by atoms with Crippen molar-refractivity contribution < 1.29 is 0 Å². The van der Waals surface area contributed by atoms with E-state index in [-0.39, 0.29) is 0 Å². The van der Waals surface area contributed by atoms with Crippen molar-refractivity contribution in [3.05, 3.63) is 53.4 Å². The van der Waals surface area contributed by atoms with Crippen LogP contribution in [0.15, 0.2) is 42.0 Å². The van der Waals surface area contributed by atoms with Gasteiger partial charge in [-0.25, -0.2) is 4.98 Å². The van der Waals surface area contributed by atoms with Gasteiger partial charge in [0.25, 0.3) is 0 Å². The molecule has 2 aromatic heterocycles. The molecular weight excluding hydrogens is 242 g/mol. The van der Waals surface area contributed by atoms with Crippen LogP contribution in [0.4, 0.5) is 0 Å². The fraction of sp³-hybridized carbons (Fsp3) is 0.214.